The van der Waals surface area contributed by atoms with Crippen LogP contribution < -0.4 is 5.32 Å². The zero-order chi connectivity index (χ0) is 11.5. The summed E-state index contributed by atoms with van der Waals surface area (Å²) in [6, 6.07) is 3.17. The molecule has 0 unspecified atom stereocenters. The predicted molar refractivity (Wildman–Crippen MR) is 54.0 cm³/mol. The maximum atomic E-state index is 13.3. The number of nitrogens with zero attached hydrogens (tertiary/aromatic N) is 4. The summed E-state index contributed by atoms with van der Waals surface area (Å²) >= 11 is 0.921. The summed E-state index contributed by atoms with van der Waals surface area (Å²) in [6.07, 6.45) is 0. The number of halogens is 1. The lowest BCUT2D eigenvalue weighted by atomic mass is 10.2. The van der Waals surface area contributed by atoms with Gasteiger partial charge in [0.15, 0.2) is 0 Å². The Morgan fingerprint density at radius 1 is 1.50 bits per heavy atom. The molecule has 9 heteroatoms. The number of benzene rings is 1. The molecule has 0 aliphatic heterocycles. The number of hydrogen-bond donors (Lipinski definition) is 1. The minimum Gasteiger partial charge on any atom is -0.326 e. The maximum Gasteiger partial charge on any atom is 0.271 e. The van der Waals surface area contributed by atoms with Crippen molar-refractivity contribution >= 4 is 28.0 Å². The van der Waals surface area contributed by atoms with Crippen molar-refractivity contribution in [2.75, 3.05) is 5.32 Å². The summed E-state index contributed by atoms with van der Waals surface area (Å²) in [4.78, 5) is 9.88. The van der Waals surface area contributed by atoms with Crippen LogP contribution in [0.1, 0.15) is 0 Å². The molecule has 0 aliphatic rings. The molecule has 2 aromatic rings. The molecule has 0 radical (unpaired) electrons. The van der Waals surface area contributed by atoms with Crippen molar-refractivity contribution in [1.82, 2.24) is 14.8 Å². The Labute approximate surface area is 92.2 Å². The highest BCUT2D eigenvalue weighted by Crippen LogP contribution is 2.24. The molecule has 82 valence electrons. The zero-order valence-corrected chi connectivity index (χ0v) is 8.44. The highest BCUT2D eigenvalue weighted by Gasteiger charge is 2.11. The standard InChI is InChI=1S/C7H4FN5O2S/c8-5-2-1-4(13(14)15)3-6(5)9-7-10-11-12-16-7/h1-3H,(H,9,10,12). The summed E-state index contributed by atoms with van der Waals surface area (Å²) in [5.41, 5.74) is -0.242. The van der Waals surface area contributed by atoms with Crippen molar-refractivity contribution in [2.45, 2.75) is 0 Å². The first-order valence-electron chi connectivity index (χ1n) is 4.03. The molecule has 0 spiro atoms. The van der Waals surface area contributed by atoms with Crippen LogP contribution in [0.5, 0.6) is 0 Å². The predicted octanol–water partition coefficient (Wildman–Crippen LogP) is 1.72. The molecule has 0 fully saturated rings. The van der Waals surface area contributed by atoms with Gasteiger partial charge in [0.1, 0.15) is 5.82 Å². The van der Waals surface area contributed by atoms with Crippen molar-refractivity contribution in [2.24, 2.45) is 0 Å². The van der Waals surface area contributed by atoms with Crippen LogP contribution in [-0.4, -0.2) is 19.7 Å². The molecule has 0 atom stereocenters. The first kappa shape index (κ1) is 10.4. The van der Waals surface area contributed by atoms with Crippen molar-refractivity contribution in [1.29, 1.82) is 0 Å². The largest absolute Gasteiger partial charge is 0.326 e. The number of hydrogen-bond acceptors (Lipinski definition) is 7. The highest BCUT2D eigenvalue weighted by atomic mass is 32.1. The Hall–Kier alpha value is -2.16. The Kier molecular flexibility index (Phi) is 2.68. The van der Waals surface area contributed by atoms with E-state index >= 15 is 0 Å². The molecular weight excluding hydrogens is 237 g/mol. The average molecular weight is 241 g/mol. The molecule has 1 aromatic carbocycles. The number of rotatable bonds is 3. The lowest BCUT2D eigenvalue weighted by Crippen LogP contribution is -1.96. The summed E-state index contributed by atoms with van der Waals surface area (Å²) in [7, 11) is 0. The molecule has 0 bridgehead atoms. The van der Waals surface area contributed by atoms with Gasteiger partial charge in [-0.05, 0) is 11.3 Å². The number of nitro groups is 1. The number of anilines is 2. The summed E-state index contributed by atoms with van der Waals surface area (Å²) < 4.78 is 16.7. The first-order chi connectivity index (χ1) is 7.66. The molecule has 1 N–H and O–H groups in total. The van der Waals surface area contributed by atoms with E-state index in [4.69, 9.17) is 0 Å². The van der Waals surface area contributed by atoms with Crippen LogP contribution in [0.25, 0.3) is 0 Å². The molecule has 0 saturated heterocycles. The van der Waals surface area contributed by atoms with Crippen LogP contribution in [0.3, 0.4) is 0 Å². The smallest absolute Gasteiger partial charge is 0.271 e. The first-order valence-corrected chi connectivity index (χ1v) is 4.80. The molecule has 1 heterocycles. The average Bonchev–Trinajstić information content (AvgIpc) is 2.73. The fraction of sp³-hybridized carbons (Fsp3) is 0. The lowest BCUT2D eigenvalue weighted by molar-refractivity contribution is -0.384. The van der Waals surface area contributed by atoms with Crippen molar-refractivity contribution in [3.8, 4) is 0 Å². The zero-order valence-electron chi connectivity index (χ0n) is 7.62. The number of nitrogens with one attached hydrogen (secondary N) is 1. The number of nitro benzene ring substituents is 1. The van der Waals surface area contributed by atoms with E-state index in [9.17, 15) is 14.5 Å². The summed E-state index contributed by atoms with van der Waals surface area (Å²) in [6.45, 7) is 0. The Bertz CT molecular complexity index is 518. The third kappa shape index (κ3) is 2.08. The third-order valence-corrected chi connectivity index (χ3v) is 2.21. The number of non-ortho nitro benzene ring substituents is 1. The number of aromatic nitrogens is 3. The second-order valence-corrected chi connectivity index (χ2v) is 3.45. The van der Waals surface area contributed by atoms with Crippen LogP contribution in [0, 0.1) is 15.9 Å². The van der Waals surface area contributed by atoms with Gasteiger partial charge in [-0.15, -0.1) is 0 Å². The fourth-order valence-corrected chi connectivity index (χ4v) is 1.40. The minimum atomic E-state index is -0.610. The Balaban J connectivity index is 2.32. The highest BCUT2D eigenvalue weighted by molar-refractivity contribution is 7.09. The van der Waals surface area contributed by atoms with Gasteiger partial charge in [-0.25, -0.2) is 4.39 Å². The van der Waals surface area contributed by atoms with E-state index in [1.54, 1.807) is 0 Å². The van der Waals surface area contributed by atoms with Gasteiger partial charge >= 0.3 is 0 Å². The topological polar surface area (TPSA) is 93.8 Å². The van der Waals surface area contributed by atoms with Gasteiger partial charge in [-0.2, -0.15) is 0 Å². The quantitative estimate of drug-likeness (QED) is 0.649. The van der Waals surface area contributed by atoms with E-state index in [0.717, 1.165) is 29.7 Å². The normalized spacial score (nSPS) is 10.1. The van der Waals surface area contributed by atoms with Crippen molar-refractivity contribution in [3.05, 3.63) is 34.1 Å². The van der Waals surface area contributed by atoms with Gasteiger partial charge < -0.3 is 5.32 Å². The van der Waals surface area contributed by atoms with Gasteiger partial charge in [0.2, 0.25) is 5.13 Å². The Morgan fingerprint density at radius 3 is 2.94 bits per heavy atom. The van der Waals surface area contributed by atoms with Crippen LogP contribution >= 0.6 is 11.5 Å². The van der Waals surface area contributed by atoms with Crippen molar-refractivity contribution < 1.29 is 9.31 Å². The second-order valence-electron chi connectivity index (χ2n) is 2.71. The van der Waals surface area contributed by atoms with Gasteiger partial charge in [0.05, 0.1) is 10.6 Å². The van der Waals surface area contributed by atoms with Crippen LogP contribution in [0.2, 0.25) is 0 Å². The minimum absolute atomic E-state index is 0.0345. The molecule has 7 nitrogen and oxygen atoms in total. The molecule has 2 rings (SSSR count). The second kappa shape index (κ2) is 4.14. The summed E-state index contributed by atoms with van der Waals surface area (Å²) in [5.74, 6) is -0.610. The van der Waals surface area contributed by atoms with E-state index in [-0.39, 0.29) is 16.5 Å². The third-order valence-electron chi connectivity index (χ3n) is 1.70. The van der Waals surface area contributed by atoms with E-state index < -0.39 is 10.7 Å². The van der Waals surface area contributed by atoms with Crippen LogP contribution in [0.15, 0.2) is 18.2 Å². The molecule has 16 heavy (non-hydrogen) atoms. The van der Waals surface area contributed by atoms with E-state index in [1.165, 1.54) is 0 Å². The van der Waals surface area contributed by atoms with E-state index in [2.05, 4.69) is 20.1 Å². The van der Waals surface area contributed by atoms with Crippen molar-refractivity contribution in [3.63, 3.8) is 0 Å². The molecule has 0 aliphatic carbocycles. The monoisotopic (exact) mass is 241 g/mol. The Morgan fingerprint density at radius 2 is 2.31 bits per heavy atom. The fourth-order valence-electron chi connectivity index (χ4n) is 1.02. The van der Waals surface area contributed by atoms with Gasteiger partial charge in [-0.1, -0.05) is 9.59 Å². The molecule has 1 aromatic heterocycles. The van der Waals surface area contributed by atoms with E-state index in [1.807, 2.05) is 0 Å². The van der Waals surface area contributed by atoms with Gasteiger partial charge in [0, 0.05) is 23.7 Å². The summed E-state index contributed by atoms with van der Waals surface area (Å²) in [5, 5.41) is 20.1. The van der Waals surface area contributed by atoms with Gasteiger partial charge in [0.25, 0.3) is 5.69 Å². The SMILES string of the molecule is O=[N+]([O-])c1ccc(F)c(Nc2nnns2)c1. The van der Waals surface area contributed by atoms with Crippen LogP contribution in [-0.2, 0) is 0 Å². The van der Waals surface area contributed by atoms with Crippen LogP contribution in [0.4, 0.5) is 20.9 Å². The van der Waals surface area contributed by atoms with Gasteiger partial charge in [-0.3, -0.25) is 10.1 Å². The molecule has 0 saturated carbocycles. The lowest BCUT2D eigenvalue weighted by Gasteiger charge is -2.02. The molecular formula is C7H4FN5O2S. The molecule has 0 amide bonds. The maximum absolute atomic E-state index is 13.3. The van der Waals surface area contributed by atoms with E-state index in [0.29, 0.717) is 0 Å².